The SMILES string of the molecule is O=C(NC1CC1)c1ccc(OCCC2CC2C2CCN(CC(F)(F)F)CC2)cc1F. The maximum atomic E-state index is 14.2. The quantitative estimate of drug-likeness (QED) is 0.624. The Balaban J connectivity index is 1.16. The monoisotopic (exact) mass is 428 g/mol. The van der Waals surface area contributed by atoms with Gasteiger partial charge >= 0.3 is 6.18 Å². The average Bonchev–Trinajstić information content (AvgIpc) is 3.58. The summed E-state index contributed by atoms with van der Waals surface area (Å²) in [6.45, 7) is 0.702. The minimum atomic E-state index is -4.12. The van der Waals surface area contributed by atoms with Crippen LogP contribution in [0.3, 0.4) is 0 Å². The van der Waals surface area contributed by atoms with Crippen LogP contribution in [0.4, 0.5) is 17.6 Å². The fourth-order valence-electron chi connectivity index (χ4n) is 4.56. The van der Waals surface area contributed by atoms with Gasteiger partial charge in [-0.15, -0.1) is 0 Å². The Labute approximate surface area is 173 Å². The molecule has 166 valence electrons. The molecule has 4 nitrogen and oxygen atoms in total. The lowest BCUT2D eigenvalue weighted by atomic mass is 9.90. The van der Waals surface area contributed by atoms with Crippen molar-refractivity contribution in [3.05, 3.63) is 29.6 Å². The Morgan fingerprint density at radius 3 is 2.53 bits per heavy atom. The van der Waals surface area contributed by atoms with Crippen molar-refractivity contribution in [3.8, 4) is 5.75 Å². The molecule has 2 saturated carbocycles. The van der Waals surface area contributed by atoms with Crippen molar-refractivity contribution in [2.75, 3.05) is 26.2 Å². The van der Waals surface area contributed by atoms with Crippen molar-refractivity contribution in [3.63, 3.8) is 0 Å². The van der Waals surface area contributed by atoms with Crippen LogP contribution < -0.4 is 10.1 Å². The molecule has 0 spiro atoms. The molecule has 30 heavy (non-hydrogen) atoms. The van der Waals surface area contributed by atoms with Crippen LogP contribution in [0, 0.1) is 23.6 Å². The third kappa shape index (κ3) is 5.86. The van der Waals surface area contributed by atoms with Crippen molar-refractivity contribution in [1.82, 2.24) is 10.2 Å². The van der Waals surface area contributed by atoms with Gasteiger partial charge in [0.2, 0.25) is 0 Å². The van der Waals surface area contributed by atoms with Crippen molar-refractivity contribution in [2.24, 2.45) is 17.8 Å². The van der Waals surface area contributed by atoms with Crippen molar-refractivity contribution in [1.29, 1.82) is 0 Å². The molecular weight excluding hydrogens is 400 g/mol. The molecule has 8 heteroatoms. The van der Waals surface area contributed by atoms with Crippen LogP contribution in [0.2, 0.25) is 0 Å². The lowest BCUT2D eigenvalue weighted by Gasteiger charge is -2.32. The van der Waals surface area contributed by atoms with E-state index in [9.17, 15) is 22.4 Å². The standard InChI is InChI=1S/C22H28F4N2O2/c23-20-12-17(3-4-18(20)21(29)27-16-1-2-16)30-10-7-15-11-19(15)14-5-8-28(9-6-14)13-22(24,25)26/h3-4,12,14-16,19H,1-2,5-11,13H2,(H,27,29). The smallest absolute Gasteiger partial charge is 0.401 e. The summed E-state index contributed by atoms with van der Waals surface area (Å²) in [5, 5.41) is 2.77. The lowest BCUT2D eigenvalue weighted by Crippen LogP contribution is -2.40. The fourth-order valence-corrected chi connectivity index (χ4v) is 4.56. The maximum absolute atomic E-state index is 14.2. The molecule has 0 bridgehead atoms. The number of alkyl halides is 3. The van der Waals surface area contributed by atoms with E-state index >= 15 is 0 Å². The molecule has 2 atom stereocenters. The number of nitrogens with zero attached hydrogens (tertiary/aromatic N) is 1. The Kier molecular flexibility index (Phi) is 6.23. The van der Waals surface area contributed by atoms with E-state index in [0.29, 0.717) is 43.2 Å². The molecule has 2 aliphatic carbocycles. The topological polar surface area (TPSA) is 41.6 Å². The first-order valence-electron chi connectivity index (χ1n) is 10.8. The van der Waals surface area contributed by atoms with Crippen LogP contribution in [0.15, 0.2) is 18.2 Å². The molecule has 1 saturated heterocycles. The number of rotatable bonds is 8. The van der Waals surface area contributed by atoms with Gasteiger partial charge in [-0.1, -0.05) is 0 Å². The summed E-state index contributed by atoms with van der Waals surface area (Å²) in [4.78, 5) is 13.5. The number of piperidine rings is 1. The zero-order chi connectivity index (χ0) is 21.3. The summed E-state index contributed by atoms with van der Waals surface area (Å²) in [6, 6.07) is 4.50. The number of carbonyl (C=O) groups excluding carboxylic acids is 1. The molecule has 1 N–H and O–H groups in total. The van der Waals surface area contributed by atoms with Crippen molar-refractivity contribution < 1.29 is 27.1 Å². The van der Waals surface area contributed by atoms with E-state index in [1.807, 2.05) is 0 Å². The van der Waals surface area contributed by atoms with E-state index in [1.54, 1.807) is 6.07 Å². The molecular formula is C22H28F4N2O2. The number of amides is 1. The molecule has 3 aliphatic rings. The largest absolute Gasteiger partial charge is 0.493 e. The van der Waals surface area contributed by atoms with Gasteiger partial charge < -0.3 is 10.1 Å². The predicted octanol–water partition coefficient (Wildman–Crippen LogP) is 4.40. The molecule has 2 unspecified atom stereocenters. The Hall–Kier alpha value is -1.83. The molecule has 0 radical (unpaired) electrons. The van der Waals surface area contributed by atoms with E-state index in [2.05, 4.69) is 5.32 Å². The highest BCUT2D eigenvalue weighted by Crippen LogP contribution is 2.49. The number of halogens is 4. The number of hydrogen-bond donors (Lipinski definition) is 1. The van der Waals surface area contributed by atoms with Crippen LogP contribution >= 0.6 is 0 Å². The molecule has 1 aromatic carbocycles. The summed E-state index contributed by atoms with van der Waals surface area (Å²) in [5.74, 6) is 1.06. The number of nitrogens with one attached hydrogen (secondary N) is 1. The van der Waals surface area contributed by atoms with Gasteiger partial charge in [0, 0.05) is 12.1 Å². The molecule has 0 aromatic heterocycles. The van der Waals surface area contributed by atoms with E-state index < -0.39 is 18.5 Å². The Morgan fingerprint density at radius 1 is 1.17 bits per heavy atom. The van der Waals surface area contributed by atoms with Gasteiger partial charge in [0.05, 0.1) is 18.7 Å². The zero-order valence-corrected chi connectivity index (χ0v) is 16.9. The number of hydrogen-bond acceptors (Lipinski definition) is 3. The second-order valence-corrected chi connectivity index (χ2v) is 8.91. The van der Waals surface area contributed by atoms with E-state index in [0.717, 1.165) is 38.5 Å². The minimum absolute atomic E-state index is 0.0355. The Bertz CT molecular complexity index is 758. The van der Waals surface area contributed by atoms with Gasteiger partial charge in [-0.25, -0.2) is 4.39 Å². The molecule has 1 aliphatic heterocycles. The summed E-state index contributed by atoms with van der Waals surface area (Å²) in [5.41, 5.74) is 0.0355. The van der Waals surface area contributed by atoms with Gasteiger partial charge in [-0.05, 0) is 81.5 Å². The fraction of sp³-hybridized carbons (Fsp3) is 0.682. The Morgan fingerprint density at radius 2 is 1.90 bits per heavy atom. The first kappa shape index (κ1) is 21.4. The third-order valence-corrected chi connectivity index (χ3v) is 6.47. The first-order valence-corrected chi connectivity index (χ1v) is 10.8. The molecule has 1 aromatic rings. The molecule has 3 fully saturated rings. The van der Waals surface area contributed by atoms with Gasteiger partial charge in [-0.3, -0.25) is 9.69 Å². The second kappa shape index (κ2) is 8.73. The highest BCUT2D eigenvalue weighted by atomic mass is 19.4. The van der Waals surface area contributed by atoms with Gasteiger partial charge in [-0.2, -0.15) is 13.2 Å². The highest BCUT2D eigenvalue weighted by molar-refractivity contribution is 5.95. The van der Waals surface area contributed by atoms with Crippen molar-refractivity contribution >= 4 is 5.91 Å². The first-order chi connectivity index (χ1) is 14.3. The number of carbonyl (C=O) groups is 1. The number of ether oxygens (including phenoxy) is 1. The molecule has 1 amide bonds. The summed E-state index contributed by atoms with van der Waals surface area (Å²) in [6.07, 6.45) is 1.39. The lowest BCUT2D eigenvalue weighted by molar-refractivity contribution is -0.148. The van der Waals surface area contributed by atoms with Crippen LogP contribution in [-0.4, -0.2) is 49.3 Å². The normalized spacial score (nSPS) is 25.2. The predicted molar refractivity (Wildman–Crippen MR) is 104 cm³/mol. The zero-order valence-electron chi connectivity index (χ0n) is 16.9. The number of benzene rings is 1. The van der Waals surface area contributed by atoms with Crippen LogP contribution in [0.25, 0.3) is 0 Å². The van der Waals surface area contributed by atoms with E-state index in [4.69, 9.17) is 4.74 Å². The van der Waals surface area contributed by atoms with E-state index in [-0.39, 0.29) is 17.5 Å². The second-order valence-electron chi connectivity index (χ2n) is 8.91. The summed E-state index contributed by atoms with van der Waals surface area (Å²) in [7, 11) is 0. The van der Waals surface area contributed by atoms with Gasteiger partial charge in [0.25, 0.3) is 5.91 Å². The minimum Gasteiger partial charge on any atom is -0.493 e. The molecule has 1 heterocycles. The van der Waals surface area contributed by atoms with Crippen LogP contribution in [0.1, 0.15) is 48.9 Å². The van der Waals surface area contributed by atoms with Crippen molar-refractivity contribution in [2.45, 2.75) is 50.7 Å². The van der Waals surface area contributed by atoms with Gasteiger partial charge in [0.15, 0.2) is 0 Å². The maximum Gasteiger partial charge on any atom is 0.401 e. The summed E-state index contributed by atoms with van der Waals surface area (Å²) < 4.78 is 57.3. The average molecular weight is 428 g/mol. The highest BCUT2D eigenvalue weighted by Gasteiger charge is 2.44. The van der Waals surface area contributed by atoms with Crippen LogP contribution in [-0.2, 0) is 0 Å². The number of likely N-dealkylation sites (tertiary alicyclic amines) is 1. The van der Waals surface area contributed by atoms with Crippen LogP contribution in [0.5, 0.6) is 5.75 Å². The molecule has 4 rings (SSSR count). The third-order valence-electron chi connectivity index (χ3n) is 6.47. The van der Waals surface area contributed by atoms with E-state index in [1.165, 1.54) is 17.0 Å². The summed E-state index contributed by atoms with van der Waals surface area (Å²) >= 11 is 0. The van der Waals surface area contributed by atoms with Gasteiger partial charge in [0.1, 0.15) is 11.6 Å².